The first-order valence-corrected chi connectivity index (χ1v) is 13.5. The van der Waals surface area contributed by atoms with E-state index in [1.54, 1.807) is 29.5 Å². The number of thiazole rings is 1. The summed E-state index contributed by atoms with van der Waals surface area (Å²) in [4.78, 5) is 6.98. The molecule has 1 aliphatic rings. The summed E-state index contributed by atoms with van der Waals surface area (Å²) in [6.45, 7) is 1.23. The Hall–Kier alpha value is -1.02. The molecule has 164 valence electrons. The molecule has 1 saturated heterocycles. The first-order valence-electron chi connectivity index (χ1n) is 9.57. The van der Waals surface area contributed by atoms with E-state index in [0.29, 0.717) is 42.4 Å². The van der Waals surface area contributed by atoms with Crippen LogP contribution in [0.5, 0.6) is 0 Å². The second kappa shape index (κ2) is 9.46. The van der Waals surface area contributed by atoms with Gasteiger partial charge in [-0.3, -0.25) is 0 Å². The summed E-state index contributed by atoms with van der Waals surface area (Å²) in [5.41, 5.74) is 1.98. The number of rotatable bonds is 5. The van der Waals surface area contributed by atoms with Crippen LogP contribution in [0.4, 0.5) is 5.13 Å². The maximum absolute atomic E-state index is 13.1. The number of hydrogen-bond donors (Lipinski definition) is 0. The van der Waals surface area contributed by atoms with Crippen LogP contribution in [0.3, 0.4) is 0 Å². The molecule has 0 unspecified atom stereocenters. The Morgan fingerprint density at radius 2 is 1.74 bits per heavy atom. The number of sulfone groups is 1. The highest BCUT2D eigenvalue weighted by molar-refractivity contribution is 7.92. The second-order valence-corrected chi connectivity index (χ2v) is 12.0. The van der Waals surface area contributed by atoms with Crippen LogP contribution in [-0.4, -0.2) is 31.7 Å². The molecular weight excluding hydrogens is 518 g/mol. The van der Waals surface area contributed by atoms with Gasteiger partial charge in [-0.15, -0.1) is 11.3 Å². The predicted molar refractivity (Wildman–Crippen MR) is 130 cm³/mol. The largest absolute Gasteiger partial charge is 0.348 e. The van der Waals surface area contributed by atoms with E-state index in [4.69, 9.17) is 51.4 Å². The van der Waals surface area contributed by atoms with Crippen molar-refractivity contribution in [2.75, 3.05) is 18.0 Å². The lowest BCUT2D eigenvalue weighted by atomic mass is 10.1. The van der Waals surface area contributed by atoms with Crippen molar-refractivity contribution in [2.24, 2.45) is 0 Å². The highest BCUT2D eigenvalue weighted by Crippen LogP contribution is 2.35. The molecule has 0 radical (unpaired) electrons. The van der Waals surface area contributed by atoms with Gasteiger partial charge < -0.3 is 4.90 Å². The fourth-order valence-corrected chi connectivity index (χ4v) is 7.32. The van der Waals surface area contributed by atoms with Crippen LogP contribution in [0.2, 0.25) is 20.1 Å². The molecule has 0 amide bonds. The summed E-state index contributed by atoms with van der Waals surface area (Å²) in [5.74, 6) is 0. The van der Waals surface area contributed by atoms with Gasteiger partial charge in [-0.25, -0.2) is 13.4 Å². The minimum Gasteiger partial charge on any atom is -0.348 e. The Morgan fingerprint density at radius 1 is 1.00 bits per heavy atom. The number of piperidine rings is 1. The molecule has 1 aliphatic heterocycles. The molecule has 0 aliphatic carbocycles. The zero-order valence-electron chi connectivity index (χ0n) is 16.2. The summed E-state index contributed by atoms with van der Waals surface area (Å²) in [5, 5.41) is 3.82. The average Bonchev–Trinajstić information content (AvgIpc) is 3.21. The van der Waals surface area contributed by atoms with Crippen LogP contribution in [0.25, 0.3) is 0 Å². The van der Waals surface area contributed by atoms with E-state index in [-0.39, 0.29) is 14.9 Å². The van der Waals surface area contributed by atoms with Crippen molar-refractivity contribution in [3.05, 3.63) is 73.1 Å². The van der Waals surface area contributed by atoms with Gasteiger partial charge in [0.05, 0.1) is 35.9 Å². The summed E-state index contributed by atoms with van der Waals surface area (Å²) >= 11 is 25.8. The Morgan fingerprint density at radius 3 is 2.45 bits per heavy atom. The number of aromatic nitrogens is 1. The monoisotopic (exact) mass is 534 g/mol. The van der Waals surface area contributed by atoms with Gasteiger partial charge in [-0.2, -0.15) is 0 Å². The van der Waals surface area contributed by atoms with Gasteiger partial charge in [0.1, 0.15) is 0 Å². The van der Waals surface area contributed by atoms with Crippen molar-refractivity contribution in [1.29, 1.82) is 0 Å². The molecule has 1 fully saturated rings. The van der Waals surface area contributed by atoms with Crippen molar-refractivity contribution in [1.82, 2.24) is 4.98 Å². The Kier molecular flexibility index (Phi) is 7.06. The highest BCUT2D eigenvalue weighted by Gasteiger charge is 2.33. The second-order valence-electron chi connectivity index (χ2n) is 7.33. The minimum absolute atomic E-state index is 0.0958. The lowest BCUT2D eigenvalue weighted by molar-refractivity contribution is 0.529. The molecule has 4 nitrogen and oxygen atoms in total. The molecule has 2 heterocycles. The molecule has 0 spiro atoms. The number of halogens is 4. The van der Waals surface area contributed by atoms with Crippen LogP contribution in [0.1, 0.15) is 24.1 Å². The third kappa shape index (κ3) is 5.00. The molecule has 0 saturated carbocycles. The standard InChI is InChI=1S/C21H18Cl4N2O2S2/c22-16-5-4-13(11-18(16)24)10-14-12-30-21(26-14)27-8-6-15(7-9-27)31(28,29)19-3-1-2-17(23)20(19)25/h1-5,11-12,15H,6-10H2. The fourth-order valence-electron chi connectivity index (χ4n) is 3.62. The van der Waals surface area contributed by atoms with Crippen molar-refractivity contribution >= 4 is 72.7 Å². The van der Waals surface area contributed by atoms with E-state index < -0.39 is 15.1 Å². The molecule has 4 rings (SSSR count). The fraction of sp³-hybridized carbons (Fsp3) is 0.286. The number of nitrogens with zero attached hydrogens (tertiary/aromatic N) is 2. The third-order valence-corrected chi connectivity index (χ3v) is 10.2. The molecule has 3 aromatic rings. The predicted octanol–water partition coefficient (Wildman–Crippen LogP) is 6.79. The zero-order chi connectivity index (χ0) is 22.2. The molecule has 1 aromatic heterocycles. The van der Waals surface area contributed by atoms with Gasteiger partial charge in [-0.1, -0.05) is 58.5 Å². The maximum atomic E-state index is 13.1. The summed E-state index contributed by atoms with van der Waals surface area (Å²) in [6.07, 6.45) is 1.67. The highest BCUT2D eigenvalue weighted by atomic mass is 35.5. The minimum atomic E-state index is -3.55. The Balaban J connectivity index is 1.42. The van der Waals surface area contributed by atoms with Gasteiger partial charge in [0.25, 0.3) is 0 Å². The maximum Gasteiger partial charge on any atom is 0.185 e. The smallest absolute Gasteiger partial charge is 0.185 e. The van der Waals surface area contributed by atoms with Crippen LogP contribution >= 0.6 is 57.7 Å². The normalized spacial score (nSPS) is 15.4. The van der Waals surface area contributed by atoms with E-state index in [1.165, 1.54) is 6.07 Å². The van der Waals surface area contributed by atoms with Crippen molar-refractivity contribution < 1.29 is 8.42 Å². The van der Waals surface area contributed by atoms with E-state index in [9.17, 15) is 8.42 Å². The lowest BCUT2D eigenvalue weighted by Crippen LogP contribution is -2.39. The summed E-state index contributed by atoms with van der Waals surface area (Å²) in [7, 11) is -3.55. The zero-order valence-corrected chi connectivity index (χ0v) is 20.9. The Labute approximate surface area is 205 Å². The van der Waals surface area contributed by atoms with E-state index in [0.717, 1.165) is 16.4 Å². The summed E-state index contributed by atoms with van der Waals surface area (Å²) < 4.78 is 26.1. The van der Waals surface area contributed by atoms with Crippen LogP contribution < -0.4 is 4.90 Å². The molecule has 31 heavy (non-hydrogen) atoms. The van der Waals surface area contributed by atoms with Crippen molar-refractivity contribution in [2.45, 2.75) is 29.4 Å². The van der Waals surface area contributed by atoms with Gasteiger partial charge in [0, 0.05) is 24.9 Å². The SMILES string of the molecule is O=S(=O)(c1cccc(Cl)c1Cl)C1CCN(c2nc(Cc3ccc(Cl)c(Cl)c3)cs2)CC1. The van der Waals surface area contributed by atoms with Crippen molar-refractivity contribution in [3.63, 3.8) is 0 Å². The quantitative estimate of drug-likeness (QED) is 0.361. The molecule has 0 bridgehead atoms. The topological polar surface area (TPSA) is 50.3 Å². The Bertz CT molecular complexity index is 1210. The average molecular weight is 536 g/mol. The van der Waals surface area contributed by atoms with Gasteiger partial charge in [0.15, 0.2) is 15.0 Å². The van der Waals surface area contributed by atoms with Crippen LogP contribution in [0.15, 0.2) is 46.7 Å². The van der Waals surface area contributed by atoms with Crippen LogP contribution in [0, 0.1) is 0 Å². The van der Waals surface area contributed by atoms with E-state index in [1.807, 2.05) is 17.5 Å². The van der Waals surface area contributed by atoms with E-state index >= 15 is 0 Å². The molecule has 2 aromatic carbocycles. The summed E-state index contributed by atoms with van der Waals surface area (Å²) in [6, 6.07) is 10.3. The van der Waals surface area contributed by atoms with E-state index in [2.05, 4.69) is 4.90 Å². The van der Waals surface area contributed by atoms with Gasteiger partial charge in [0.2, 0.25) is 0 Å². The molecule has 10 heteroatoms. The van der Waals surface area contributed by atoms with Gasteiger partial charge in [-0.05, 0) is 42.7 Å². The van der Waals surface area contributed by atoms with Crippen molar-refractivity contribution in [3.8, 4) is 0 Å². The number of benzene rings is 2. The molecular formula is C21H18Cl4N2O2S2. The lowest BCUT2D eigenvalue weighted by Gasteiger charge is -2.31. The molecule has 0 atom stereocenters. The molecule has 0 N–H and O–H groups in total. The third-order valence-electron chi connectivity index (χ3n) is 5.28. The van der Waals surface area contributed by atoms with Gasteiger partial charge >= 0.3 is 0 Å². The number of hydrogen-bond acceptors (Lipinski definition) is 5. The first kappa shape index (κ1) is 23.1. The number of anilines is 1. The van der Waals surface area contributed by atoms with Crippen LogP contribution in [-0.2, 0) is 16.3 Å². The first-order chi connectivity index (χ1) is 14.8.